The number of rotatable bonds is 3. The number of nitrogens with zero attached hydrogens (tertiary/aromatic N) is 2. The number of halogens is 1. The van der Waals surface area contributed by atoms with Gasteiger partial charge in [0, 0.05) is 29.4 Å². The Kier molecular flexibility index (Phi) is 4.22. The summed E-state index contributed by atoms with van der Waals surface area (Å²) in [5.41, 5.74) is 3.04. The molecule has 136 valence electrons. The van der Waals surface area contributed by atoms with E-state index in [0.29, 0.717) is 34.7 Å². The second-order valence-electron chi connectivity index (χ2n) is 7.67. The average Bonchev–Trinajstić information content (AvgIpc) is 2.61. The smallest absolute Gasteiger partial charge is 0.165 e. The SMILES string of the molecule is CC1(C)CC(=O)c2ccc(Nc3ccc(-c4ccccn4)c(F)c3)nc2C1. The Bertz CT molecular complexity index is 1020. The fourth-order valence-corrected chi connectivity index (χ4v) is 3.48. The maximum atomic E-state index is 14.5. The van der Waals surface area contributed by atoms with Gasteiger partial charge in [0.1, 0.15) is 11.6 Å². The van der Waals surface area contributed by atoms with Crippen molar-refractivity contribution in [1.82, 2.24) is 9.97 Å². The second kappa shape index (κ2) is 6.58. The lowest BCUT2D eigenvalue weighted by molar-refractivity contribution is 0.0910. The molecule has 1 aromatic carbocycles. The van der Waals surface area contributed by atoms with E-state index >= 15 is 0 Å². The molecule has 0 radical (unpaired) electrons. The Labute approximate surface area is 157 Å². The van der Waals surface area contributed by atoms with Gasteiger partial charge < -0.3 is 5.32 Å². The quantitative estimate of drug-likeness (QED) is 0.698. The lowest BCUT2D eigenvalue weighted by atomic mass is 9.76. The van der Waals surface area contributed by atoms with Crippen LogP contribution in [0.25, 0.3) is 11.3 Å². The van der Waals surface area contributed by atoms with Crippen LogP contribution >= 0.6 is 0 Å². The zero-order valence-corrected chi connectivity index (χ0v) is 15.3. The van der Waals surface area contributed by atoms with Crippen LogP contribution in [0.4, 0.5) is 15.9 Å². The number of pyridine rings is 2. The molecule has 1 aliphatic carbocycles. The fraction of sp³-hybridized carbons (Fsp3) is 0.227. The van der Waals surface area contributed by atoms with Crippen molar-refractivity contribution in [2.45, 2.75) is 26.7 Å². The van der Waals surface area contributed by atoms with Crippen molar-refractivity contribution in [3.05, 3.63) is 71.8 Å². The molecule has 5 heteroatoms. The van der Waals surface area contributed by atoms with E-state index < -0.39 is 0 Å². The van der Waals surface area contributed by atoms with Gasteiger partial charge in [0.05, 0.1) is 11.4 Å². The highest BCUT2D eigenvalue weighted by molar-refractivity contribution is 5.98. The van der Waals surface area contributed by atoms with Gasteiger partial charge in [-0.15, -0.1) is 0 Å². The Balaban J connectivity index is 1.60. The van der Waals surface area contributed by atoms with E-state index in [1.54, 1.807) is 42.6 Å². The summed E-state index contributed by atoms with van der Waals surface area (Å²) in [5, 5.41) is 3.13. The predicted octanol–water partition coefficient (Wildman–Crippen LogP) is 5.18. The standard InChI is InChI=1S/C22H20FN3O/c1-22(2)12-19-16(20(27)13-22)8-9-21(26-19)25-14-6-7-15(17(23)11-14)18-5-3-4-10-24-18/h3-11H,12-13H2,1-2H3,(H,25,26). The Morgan fingerprint density at radius 3 is 2.59 bits per heavy atom. The van der Waals surface area contributed by atoms with Crippen LogP contribution in [0.15, 0.2) is 54.7 Å². The lowest BCUT2D eigenvalue weighted by Crippen LogP contribution is -2.27. The number of aromatic nitrogens is 2. The van der Waals surface area contributed by atoms with Crippen molar-refractivity contribution in [3.8, 4) is 11.3 Å². The van der Waals surface area contributed by atoms with Crippen molar-refractivity contribution >= 4 is 17.3 Å². The number of hydrogen-bond donors (Lipinski definition) is 1. The number of carbonyl (C=O) groups excluding carboxylic acids is 1. The van der Waals surface area contributed by atoms with Crippen molar-refractivity contribution in [1.29, 1.82) is 0 Å². The minimum atomic E-state index is -0.354. The molecule has 0 spiro atoms. The molecule has 0 fully saturated rings. The van der Waals surface area contributed by atoms with Gasteiger partial charge in [-0.25, -0.2) is 9.37 Å². The van der Waals surface area contributed by atoms with Crippen molar-refractivity contribution in [2.75, 3.05) is 5.32 Å². The number of ketones is 1. The van der Waals surface area contributed by atoms with E-state index in [1.807, 2.05) is 6.07 Å². The summed E-state index contributed by atoms with van der Waals surface area (Å²) in [6.45, 7) is 4.14. The van der Waals surface area contributed by atoms with Gasteiger partial charge in [0.2, 0.25) is 0 Å². The predicted molar refractivity (Wildman–Crippen MR) is 104 cm³/mol. The molecule has 0 unspecified atom stereocenters. The van der Waals surface area contributed by atoms with Gasteiger partial charge in [0.25, 0.3) is 0 Å². The minimum absolute atomic E-state index is 0.0911. The topological polar surface area (TPSA) is 54.9 Å². The van der Waals surface area contributed by atoms with Crippen molar-refractivity contribution in [3.63, 3.8) is 0 Å². The molecule has 1 aliphatic rings. The summed E-state index contributed by atoms with van der Waals surface area (Å²) in [4.78, 5) is 21.1. The molecule has 3 aromatic rings. The van der Waals surface area contributed by atoms with Crippen LogP contribution in [0, 0.1) is 11.2 Å². The summed E-state index contributed by atoms with van der Waals surface area (Å²) in [6.07, 6.45) is 2.92. The highest BCUT2D eigenvalue weighted by Gasteiger charge is 2.31. The van der Waals surface area contributed by atoms with Crippen LogP contribution in [-0.4, -0.2) is 15.8 Å². The van der Waals surface area contributed by atoms with Crippen LogP contribution in [0.3, 0.4) is 0 Å². The largest absolute Gasteiger partial charge is 0.340 e. The van der Waals surface area contributed by atoms with E-state index in [1.165, 1.54) is 6.07 Å². The molecule has 0 atom stereocenters. The molecule has 0 saturated heterocycles. The van der Waals surface area contributed by atoms with Crippen LogP contribution in [0.1, 0.15) is 36.3 Å². The van der Waals surface area contributed by atoms with Gasteiger partial charge >= 0.3 is 0 Å². The number of nitrogens with one attached hydrogen (secondary N) is 1. The number of anilines is 2. The Hall–Kier alpha value is -3.08. The molecule has 1 N–H and O–H groups in total. The van der Waals surface area contributed by atoms with Gasteiger partial charge in [-0.05, 0) is 54.3 Å². The molecule has 2 aromatic heterocycles. The third-order valence-corrected chi connectivity index (χ3v) is 4.74. The molecule has 0 amide bonds. The molecular weight excluding hydrogens is 341 g/mol. The first-order valence-corrected chi connectivity index (χ1v) is 8.92. The van der Waals surface area contributed by atoms with Gasteiger partial charge in [-0.3, -0.25) is 9.78 Å². The number of hydrogen-bond acceptors (Lipinski definition) is 4. The summed E-state index contributed by atoms with van der Waals surface area (Å²) >= 11 is 0. The Morgan fingerprint density at radius 1 is 1.04 bits per heavy atom. The molecule has 0 aliphatic heterocycles. The zero-order chi connectivity index (χ0) is 19.0. The van der Waals surface area contributed by atoms with Crippen LogP contribution in [0.5, 0.6) is 0 Å². The molecule has 4 rings (SSSR count). The van der Waals surface area contributed by atoms with Crippen LogP contribution in [0.2, 0.25) is 0 Å². The summed E-state index contributed by atoms with van der Waals surface area (Å²) in [7, 11) is 0. The van der Waals surface area contributed by atoms with Crippen LogP contribution < -0.4 is 5.32 Å². The monoisotopic (exact) mass is 361 g/mol. The van der Waals surface area contributed by atoms with E-state index in [0.717, 1.165) is 12.1 Å². The summed E-state index contributed by atoms with van der Waals surface area (Å²) < 4.78 is 14.5. The summed E-state index contributed by atoms with van der Waals surface area (Å²) in [6, 6.07) is 13.9. The highest BCUT2D eigenvalue weighted by atomic mass is 19.1. The third-order valence-electron chi connectivity index (χ3n) is 4.74. The van der Waals surface area contributed by atoms with Crippen molar-refractivity contribution in [2.24, 2.45) is 5.41 Å². The van der Waals surface area contributed by atoms with Gasteiger partial charge in [-0.1, -0.05) is 19.9 Å². The van der Waals surface area contributed by atoms with E-state index in [9.17, 15) is 9.18 Å². The number of fused-ring (bicyclic) bond motifs is 1. The normalized spacial score (nSPS) is 15.3. The third kappa shape index (κ3) is 3.58. The maximum absolute atomic E-state index is 14.5. The number of Topliss-reactive ketones (excluding diaryl/α,β-unsaturated/α-hetero) is 1. The van der Waals surface area contributed by atoms with Gasteiger partial charge in [-0.2, -0.15) is 0 Å². The van der Waals surface area contributed by atoms with E-state index in [-0.39, 0.29) is 17.0 Å². The van der Waals surface area contributed by atoms with Gasteiger partial charge in [0.15, 0.2) is 5.78 Å². The fourth-order valence-electron chi connectivity index (χ4n) is 3.48. The average molecular weight is 361 g/mol. The maximum Gasteiger partial charge on any atom is 0.165 e. The number of benzene rings is 1. The first-order valence-electron chi connectivity index (χ1n) is 8.92. The Morgan fingerprint density at radius 2 is 1.85 bits per heavy atom. The molecular formula is C22H20FN3O. The molecule has 4 nitrogen and oxygen atoms in total. The molecule has 2 heterocycles. The zero-order valence-electron chi connectivity index (χ0n) is 15.3. The first-order chi connectivity index (χ1) is 12.9. The number of carbonyl (C=O) groups is 1. The minimum Gasteiger partial charge on any atom is -0.340 e. The summed E-state index contributed by atoms with van der Waals surface area (Å²) in [5.74, 6) is 0.378. The lowest BCUT2D eigenvalue weighted by Gasteiger charge is -2.29. The molecule has 0 bridgehead atoms. The van der Waals surface area contributed by atoms with E-state index in [2.05, 4.69) is 29.1 Å². The van der Waals surface area contributed by atoms with Crippen molar-refractivity contribution < 1.29 is 9.18 Å². The molecule has 0 saturated carbocycles. The highest BCUT2D eigenvalue weighted by Crippen LogP contribution is 2.34. The van der Waals surface area contributed by atoms with Crippen LogP contribution in [-0.2, 0) is 6.42 Å². The second-order valence-corrected chi connectivity index (χ2v) is 7.67. The van der Waals surface area contributed by atoms with E-state index in [4.69, 9.17) is 0 Å². The first kappa shape index (κ1) is 17.3. The molecule has 27 heavy (non-hydrogen) atoms.